The van der Waals surface area contributed by atoms with E-state index >= 15 is 0 Å². The first kappa shape index (κ1) is 20.3. The number of carbonyl (C=O) groups excluding carboxylic acids is 1. The fraction of sp³-hybridized carbons (Fsp3) is 0.375. The van der Waals surface area contributed by atoms with Crippen LogP contribution in [0.2, 0.25) is 0 Å². The summed E-state index contributed by atoms with van der Waals surface area (Å²) in [5.41, 5.74) is 3.43. The van der Waals surface area contributed by atoms with Crippen LogP contribution in [0.25, 0.3) is 5.57 Å². The minimum absolute atomic E-state index is 0.0178. The third-order valence-electron chi connectivity index (χ3n) is 5.46. The van der Waals surface area contributed by atoms with Crippen molar-refractivity contribution in [1.82, 2.24) is 15.1 Å². The molecular formula is C24H31N3O. The molecule has 2 aromatic carbocycles. The van der Waals surface area contributed by atoms with E-state index in [1.54, 1.807) is 6.08 Å². The molecular weight excluding hydrogens is 346 g/mol. The Balaban J connectivity index is 1.69. The minimum atomic E-state index is -0.0178. The van der Waals surface area contributed by atoms with E-state index in [9.17, 15) is 4.79 Å². The number of carbonyl (C=O) groups is 1. The predicted molar refractivity (Wildman–Crippen MR) is 116 cm³/mol. The van der Waals surface area contributed by atoms with Crippen LogP contribution in [-0.4, -0.2) is 55.5 Å². The lowest BCUT2D eigenvalue weighted by Crippen LogP contribution is -2.48. The van der Waals surface area contributed by atoms with Gasteiger partial charge in [0.2, 0.25) is 5.91 Å². The number of hydrogen-bond donors (Lipinski definition) is 1. The van der Waals surface area contributed by atoms with Gasteiger partial charge in [-0.15, -0.1) is 0 Å². The van der Waals surface area contributed by atoms with E-state index in [1.165, 1.54) is 5.56 Å². The van der Waals surface area contributed by atoms with Crippen LogP contribution >= 0.6 is 0 Å². The van der Waals surface area contributed by atoms with E-state index in [0.29, 0.717) is 6.54 Å². The van der Waals surface area contributed by atoms with Gasteiger partial charge in [-0.05, 0) is 30.2 Å². The van der Waals surface area contributed by atoms with Crippen LogP contribution in [0.3, 0.4) is 0 Å². The molecule has 4 nitrogen and oxygen atoms in total. The average molecular weight is 378 g/mol. The molecule has 0 aliphatic carbocycles. The van der Waals surface area contributed by atoms with E-state index in [4.69, 9.17) is 0 Å². The molecule has 1 amide bonds. The third-order valence-corrected chi connectivity index (χ3v) is 5.46. The van der Waals surface area contributed by atoms with Crippen molar-refractivity contribution in [2.45, 2.75) is 19.4 Å². The molecule has 148 valence electrons. The Labute approximate surface area is 168 Å². The highest BCUT2D eigenvalue weighted by Gasteiger charge is 2.24. The molecule has 0 bridgehead atoms. The second-order valence-electron chi connectivity index (χ2n) is 7.40. The molecule has 0 spiro atoms. The Bertz CT molecular complexity index is 765. The Kier molecular flexibility index (Phi) is 7.40. The molecule has 1 fully saturated rings. The number of hydrogen-bond acceptors (Lipinski definition) is 3. The predicted octanol–water partition coefficient (Wildman–Crippen LogP) is 3.58. The highest BCUT2D eigenvalue weighted by atomic mass is 16.1. The largest absolute Gasteiger partial charge is 0.351 e. The first-order valence-corrected chi connectivity index (χ1v) is 10.2. The van der Waals surface area contributed by atoms with E-state index in [0.717, 1.165) is 43.7 Å². The zero-order chi connectivity index (χ0) is 19.8. The Morgan fingerprint density at radius 3 is 2.21 bits per heavy atom. The number of nitrogens with zero attached hydrogens (tertiary/aromatic N) is 2. The first-order chi connectivity index (χ1) is 13.7. The highest BCUT2D eigenvalue weighted by Crippen LogP contribution is 2.22. The molecule has 1 saturated heterocycles. The van der Waals surface area contributed by atoms with Crippen molar-refractivity contribution in [2.75, 3.05) is 39.8 Å². The number of amides is 1. The van der Waals surface area contributed by atoms with Crippen LogP contribution in [0.4, 0.5) is 0 Å². The third kappa shape index (κ3) is 5.54. The number of nitrogens with one attached hydrogen (secondary N) is 1. The normalized spacial score (nSPS) is 17.3. The smallest absolute Gasteiger partial charge is 0.244 e. The van der Waals surface area contributed by atoms with E-state index in [2.05, 4.69) is 65.5 Å². The summed E-state index contributed by atoms with van der Waals surface area (Å²) in [5, 5.41) is 3.15. The van der Waals surface area contributed by atoms with E-state index < -0.39 is 0 Å². The maximum atomic E-state index is 12.6. The molecule has 28 heavy (non-hydrogen) atoms. The molecule has 2 aromatic rings. The molecule has 0 radical (unpaired) electrons. The monoisotopic (exact) mass is 377 g/mol. The van der Waals surface area contributed by atoms with Gasteiger partial charge in [0.1, 0.15) is 0 Å². The number of benzene rings is 2. The fourth-order valence-corrected chi connectivity index (χ4v) is 3.71. The summed E-state index contributed by atoms with van der Waals surface area (Å²) in [4.78, 5) is 17.5. The van der Waals surface area contributed by atoms with Gasteiger partial charge in [0.25, 0.3) is 0 Å². The number of likely N-dealkylation sites (N-methyl/N-ethyl adjacent to an activating group) is 1. The quantitative estimate of drug-likeness (QED) is 0.749. The number of piperazine rings is 1. The van der Waals surface area contributed by atoms with Gasteiger partial charge in [-0.2, -0.15) is 0 Å². The minimum Gasteiger partial charge on any atom is -0.351 e. The van der Waals surface area contributed by atoms with Gasteiger partial charge >= 0.3 is 0 Å². The van der Waals surface area contributed by atoms with Crippen molar-refractivity contribution in [3.63, 3.8) is 0 Å². The maximum Gasteiger partial charge on any atom is 0.244 e. The van der Waals surface area contributed by atoms with E-state index in [1.807, 2.05) is 24.3 Å². The Morgan fingerprint density at radius 1 is 1.00 bits per heavy atom. The van der Waals surface area contributed by atoms with Gasteiger partial charge in [-0.3, -0.25) is 9.69 Å². The van der Waals surface area contributed by atoms with Crippen molar-refractivity contribution in [3.8, 4) is 0 Å². The van der Waals surface area contributed by atoms with Crippen molar-refractivity contribution >= 4 is 11.5 Å². The summed E-state index contributed by atoms with van der Waals surface area (Å²) in [6.07, 6.45) is 2.58. The molecule has 1 heterocycles. The highest BCUT2D eigenvalue weighted by molar-refractivity contribution is 5.95. The summed E-state index contributed by atoms with van der Waals surface area (Å²) in [6, 6.07) is 20.8. The van der Waals surface area contributed by atoms with Gasteiger partial charge in [0.15, 0.2) is 0 Å². The van der Waals surface area contributed by atoms with Gasteiger partial charge < -0.3 is 10.2 Å². The van der Waals surface area contributed by atoms with Crippen molar-refractivity contribution in [1.29, 1.82) is 0 Å². The first-order valence-electron chi connectivity index (χ1n) is 10.2. The van der Waals surface area contributed by atoms with Crippen LogP contribution < -0.4 is 5.32 Å². The lowest BCUT2D eigenvalue weighted by atomic mass is 10.0. The zero-order valence-electron chi connectivity index (χ0n) is 17.0. The van der Waals surface area contributed by atoms with Gasteiger partial charge in [0.05, 0.1) is 6.04 Å². The van der Waals surface area contributed by atoms with Gasteiger partial charge in [-0.1, -0.05) is 67.6 Å². The summed E-state index contributed by atoms with van der Waals surface area (Å²) < 4.78 is 0. The maximum absolute atomic E-state index is 12.6. The lowest BCUT2D eigenvalue weighted by molar-refractivity contribution is -0.116. The molecule has 1 aliphatic rings. The zero-order valence-corrected chi connectivity index (χ0v) is 17.0. The average Bonchev–Trinajstić information content (AvgIpc) is 2.75. The number of allylic oxidation sites excluding steroid dienone is 1. The number of rotatable bonds is 7. The van der Waals surface area contributed by atoms with Crippen LogP contribution in [0, 0.1) is 0 Å². The van der Waals surface area contributed by atoms with E-state index in [-0.39, 0.29) is 11.9 Å². The summed E-state index contributed by atoms with van der Waals surface area (Å²) in [5.74, 6) is -0.0178. The Morgan fingerprint density at radius 2 is 1.61 bits per heavy atom. The van der Waals surface area contributed by atoms with Crippen LogP contribution in [0.1, 0.15) is 30.5 Å². The molecule has 1 N–H and O–H groups in total. The lowest BCUT2D eigenvalue weighted by Gasteiger charge is -2.38. The second kappa shape index (κ2) is 10.2. The SMILES string of the molecule is CC/C(=C\C(=O)NCC(c1ccccc1)N1CCN(C)CC1)c1ccccc1. The van der Waals surface area contributed by atoms with Crippen LogP contribution in [0.5, 0.6) is 0 Å². The Hall–Kier alpha value is -2.43. The second-order valence-corrected chi connectivity index (χ2v) is 7.40. The molecule has 0 saturated carbocycles. The molecule has 1 unspecified atom stereocenters. The molecule has 1 atom stereocenters. The molecule has 4 heteroatoms. The standard InChI is InChI=1S/C24H31N3O/c1-3-20(21-10-6-4-7-11-21)18-24(28)25-19-23(22-12-8-5-9-13-22)27-16-14-26(2)15-17-27/h4-13,18,23H,3,14-17,19H2,1-2H3,(H,25,28)/b20-18+. The van der Waals surface area contributed by atoms with Crippen molar-refractivity contribution in [2.24, 2.45) is 0 Å². The topological polar surface area (TPSA) is 35.6 Å². The summed E-state index contributed by atoms with van der Waals surface area (Å²) >= 11 is 0. The van der Waals surface area contributed by atoms with Crippen LogP contribution in [0.15, 0.2) is 66.7 Å². The fourth-order valence-electron chi connectivity index (χ4n) is 3.71. The van der Waals surface area contributed by atoms with Gasteiger partial charge in [0, 0.05) is 38.8 Å². The summed E-state index contributed by atoms with van der Waals surface area (Å²) in [6.45, 7) is 6.87. The van der Waals surface area contributed by atoms with Crippen LogP contribution in [-0.2, 0) is 4.79 Å². The summed E-state index contributed by atoms with van der Waals surface area (Å²) in [7, 11) is 2.16. The van der Waals surface area contributed by atoms with Crippen molar-refractivity contribution < 1.29 is 4.79 Å². The van der Waals surface area contributed by atoms with Gasteiger partial charge in [-0.25, -0.2) is 0 Å². The van der Waals surface area contributed by atoms with Crippen molar-refractivity contribution in [3.05, 3.63) is 77.9 Å². The molecule has 1 aliphatic heterocycles. The molecule has 3 rings (SSSR count). The molecule has 0 aromatic heterocycles.